The van der Waals surface area contributed by atoms with Crippen molar-refractivity contribution in [2.45, 2.75) is 24.0 Å². The van der Waals surface area contributed by atoms with Crippen molar-refractivity contribution in [1.29, 1.82) is 0 Å². The maximum Gasteiger partial charge on any atom is 0.0719 e. The normalized spacial score (nSPS) is 16.1. The Balaban J connectivity index is 1.76. The van der Waals surface area contributed by atoms with E-state index in [1.54, 1.807) is 0 Å². The topological polar surface area (TPSA) is 0 Å². The Bertz CT molecular complexity index is 554. The van der Waals surface area contributed by atoms with E-state index in [-0.39, 0.29) is 5.38 Å². The zero-order valence-corrected chi connectivity index (χ0v) is 13.5. The van der Waals surface area contributed by atoms with Gasteiger partial charge < -0.3 is 0 Å². The highest BCUT2D eigenvalue weighted by molar-refractivity contribution is 7.98. The van der Waals surface area contributed by atoms with Gasteiger partial charge in [0.25, 0.3) is 0 Å². The Kier molecular flexibility index (Phi) is 4.43. The van der Waals surface area contributed by atoms with Gasteiger partial charge in [-0.25, -0.2) is 0 Å². The summed E-state index contributed by atoms with van der Waals surface area (Å²) in [5, 5.41) is 0.835. The number of hydrogen-bond donors (Lipinski definition) is 0. The number of benzene rings is 1. The number of thioether (sulfide) groups is 1. The number of hydrogen-bond acceptors (Lipinski definition) is 2. The van der Waals surface area contributed by atoms with Crippen LogP contribution in [0.3, 0.4) is 0 Å². The minimum Gasteiger partial charge on any atom is -0.157 e. The summed E-state index contributed by atoms with van der Waals surface area (Å²) in [7, 11) is 0. The molecule has 100 valence electrons. The van der Waals surface area contributed by atoms with Crippen LogP contribution in [-0.2, 0) is 18.6 Å². The van der Waals surface area contributed by atoms with E-state index in [9.17, 15) is 0 Å². The largest absolute Gasteiger partial charge is 0.157 e. The molecule has 0 aliphatic carbocycles. The molecule has 0 bridgehead atoms. The van der Waals surface area contributed by atoms with Gasteiger partial charge in [0.15, 0.2) is 0 Å². The van der Waals surface area contributed by atoms with Crippen LogP contribution < -0.4 is 0 Å². The fraction of sp³-hybridized carbons (Fsp3) is 0.333. The Hall–Kier alpha value is -0.150. The number of fused-ring (bicyclic) bond motifs is 1. The first-order valence-corrected chi connectivity index (χ1v) is 9.08. The molecule has 0 N–H and O–H groups in total. The molecule has 1 aliphatic heterocycles. The molecule has 0 saturated heterocycles. The molecule has 2 heterocycles. The van der Waals surface area contributed by atoms with Crippen molar-refractivity contribution in [3.63, 3.8) is 0 Å². The quantitative estimate of drug-likeness (QED) is 0.650. The maximum absolute atomic E-state index is 6.57. The van der Waals surface area contributed by atoms with Gasteiger partial charge >= 0.3 is 0 Å². The second-order valence-electron chi connectivity index (χ2n) is 4.70. The maximum atomic E-state index is 6.57. The van der Waals surface area contributed by atoms with Gasteiger partial charge in [-0.15, -0.1) is 22.9 Å². The molecule has 0 nitrogen and oxygen atoms in total. The second kappa shape index (κ2) is 6.09. The molecule has 0 spiro atoms. The van der Waals surface area contributed by atoms with E-state index in [1.807, 2.05) is 41.3 Å². The van der Waals surface area contributed by atoms with Crippen molar-refractivity contribution in [2.24, 2.45) is 0 Å². The van der Waals surface area contributed by atoms with Crippen molar-refractivity contribution in [3.8, 4) is 0 Å². The van der Waals surface area contributed by atoms with Crippen LogP contribution in [0, 0.1) is 0 Å². The lowest BCUT2D eigenvalue weighted by Gasteiger charge is -2.08. The molecule has 2 aromatic rings. The molecule has 0 radical (unpaired) electrons. The van der Waals surface area contributed by atoms with Gasteiger partial charge in [0.1, 0.15) is 0 Å². The second-order valence-corrected chi connectivity index (χ2v) is 7.94. The van der Waals surface area contributed by atoms with Crippen LogP contribution in [0.15, 0.2) is 30.3 Å². The molecule has 3 rings (SSSR count). The third-order valence-electron chi connectivity index (χ3n) is 3.26. The van der Waals surface area contributed by atoms with E-state index in [1.165, 1.54) is 33.1 Å². The van der Waals surface area contributed by atoms with Gasteiger partial charge in [0.2, 0.25) is 0 Å². The summed E-state index contributed by atoms with van der Waals surface area (Å²) in [6.07, 6.45) is 2.04. The van der Waals surface area contributed by atoms with Gasteiger partial charge in [-0.2, -0.15) is 11.8 Å². The number of aryl methyl sites for hydroxylation is 1. The molecular weight excluding hydrogens is 315 g/mol. The molecule has 0 amide bonds. The highest BCUT2D eigenvalue weighted by atomic mass is 35.5. The summed E-state index contributed by atoms with van der Waals surface area (Å²) in [4.78, 5) is 2.83. The number of rotatable bonds is 3. The van der Waals surface area contributed by atoms with Crippen LogP contribution in [-0.4, -0.2) is 5.75 Å². The average Bonchev–Trinajstić information content (AvgIpc) is 2.82. The molecule has 1 aromatic carbocycles. The van der Waals surface area contributed by atoms with Crippen molar-refractivity contribution < 1.29 is 0 Å². The average molecular weight is 329 g/mol. The van der Waals surface area contributed by atoms with E-state index in [0.717, 1.165) is 17.2 Å². The summed E-state index contributed by atoms with van der Waals surface area (Å²) >= 11 is 16.5. The minimum atomic E-state index is 0.0547. The Morgan fingerprint density at radius 1 is 1.26 bits per heavy atom. The van der Waals surface area contributed by atoms with E-state index in [2.05, 4.69) is 12.1 Å². The van der Waals surface area contributed by atoms with Gasteiger partial charge in [-0.05, 0) is 47.9 Å². The Morgan fingerprint density at radius 2 is 2.16 bits per heavy atom. The molecule has 1 atom stereocenters. The first kappa shape index (κ1) is 13.8. The summed E-state index contributed by atoms with van der Waals surface area (Å²) < 4.78 is 0. The predicted molar refractivity (Wildman–Crippen MR) is 87.9 cm³/mol. The molecule has 1 unspecified atom stereocenters. The summed E-state index contributed by atoms with van der Waals surface area (Å²) in [5.74, 6) is 2.39. The van der Waals surface area contributed by atoms with E-state index in [0.29, 0.717) is 0 Å². The molecular formula is C15H14Cl2S2. The first-order valence-electron chi connectivity index (χ1n) is 6.30. The molecule has 19 heavy (non-hydrogen) atoms. The monoisotopic (exact) mass is 328 g/mol. The van der Waals surface area contributed by atoms with E-state index in [4.69, 9.17) is 23.2 Å². The van der Waals surface area contributed by atoms with Crippen LogP contribution in [0.25, 0.3) is 0 Å². The summed E-state index contributed by atoms with van der Waals surface area (Å²) in [6.45, 7) is 0. The highest BCUT2D eigenvalue weighted by Crippen LogP contribution is 2.37. The zero-order chi connectivity index (χ0) is 13.2. The fourth-order valence-corrected chi connectivity index (χ4v) is 5.24. The molecule has 4 heteroatoms. The van der Waals surface area contributed by atoms with Crippen LogP contribution in [0.1, 0.15) is 26.3 Å². The summed E-state index contributed by atoms with van der Waals surface area (Å²) in [5.41, 5.74) is 2.70. The van der Waals surface area contributed by atoms with Gasteiger partial charge in [-0.1, -0.05) is 23.7 Å². The number of alkyl halides is 1. The van der Waals surface area contributed by atoms with Crippen molar-refractivity contribution in [1.82, 2.24) is 0 Å². The minimum absolute atomic E-state index is 0.0547. The van der Waals surface area contributed by atoms with Crippen LogP contribution in [0.5, 0.6) is 0 Å². The Morgan fingerprint density at radius 3 is 2.95 bits per heavy atom. The molecule has 0 fully saturated rings. The van der Waals surface area contributed by atoms with Gasteiger partial charge in [0.05, 0.1) is 5.38 Å². The number of halogens is 2. The van der Waals surface area contributed by atoms with Crippen LogP contribution in [0.2, 0.25) is 5.02 Å². The number of thiophene rings is 1. The smallest absolute Gasteiger partial charge is 0.0719 e. The predicted octanol–water partition coefficient (Wildman–Crippen LogP) is 5.71. The highest BCUT2D eigenvalue weighted by Gasteiger charge is 2.18. The third kappa shape index (κ3) is 3.30. The molecule has 1 aliphatic rings. The van der Waals surface area contributed by atoms with Crippen molar-refractivity contribution in [3.05, 3.63) is 56.2 Å². The lowest BCUT2D eigenvalue weighted by atomic mass is 10.1. The van der Waals surface area contributed by atoms with Crippen LogP contribution >= 0.6 is 46.3 Å². The van der Waals surface area contributed by atoms with Gasteiger partial charge in [-0.3, -0.25) is 0 Å². The van der Waals surface area contributed by atoms with Crippen molar-refractivity contribution in [2.75, 3.05) is 5.75 Å². The van der Waals surface area contributed by atoms with Crippen molar-refractivity contribution >= 4 is 46.3 Å². The van der Waals surface area contributed by atoms with Crippen LogP contribution in [0.4, 0.5) is 0 Å². The standard InChI is InChI=1S/C15H14Cl2S2/c16-12-3-1-2-10(6-12)7-13(17)15-8-11-9-18-5-4-14(11)19-15/h1-3,6,8,13H,4-5,7,9H2. The Labute approximate surface area is 132 Å². The molecule has 1 aromatic heterocycles. The summed E-state index contributed by atoms with van der Waals surface area (Å²) in [6, 6.07) is 10.3. The fourth-order valence-electron chi connectivity index (χ4n) is 2.30. The first-order chi connectivity index (χ1) is 9.22. The zero-order valence-electron chi connectivity index (χ0n) is 10.4. The lowest BCUT2D eigenvalue weighted by Crippen LogP contribution is -1.96. The third-order valence-corrected chi connectivity index (χ3v) is 6.37. The SMILES string of the molecule is Clc1cccc(CC(Cl)c2cc3c(s2)CCSC3)c1. The lowest BCUT2D eigenvalue weighted by molar-refractivity contribution is 0.939. The molecule has 0 saturated carbocycles. The van der Waals surface area contributed by atoms with E-state index >= 15 is 0 Å². The van der Waals surface area contributed by atoms with E-state index < -0.39 is 0 Å². The van der Waals surface area contributed by atoms with Gasteiger partial charge in [0, 0.05) is 20.5 Å².